The zero-order valence-corrected chi connectivity index (χ0v) is 14.1. The molecule has 0 unspecified atom stereocenters. The van der Waals surface area contributed by atoms with Gasteiger partial charge in [0.2, 0.25) is 0 Å². The highest BCUT2D eigenvalue weighted by atomic mass is 32.2. The summed E-state index contributed by atoms with van der Waals surface area (Å²) in [5.74, 6) is -3.72. The number of sulfone groups is 1. The summed E-state index contributed by atoms with van der Waals surface area (Å²) < 4.78 is 54.2. The van der Waals surface area contributed by atoms with Crippen molar-refractivity contribution >= 4 is 21.7 Å². The average molecular weight is 373 g/mol. The number of hydrogen-bond acceptors (Lipinski definition) is 5. The van der Waals surface area contributed by atoms with Crippen molar-refractivity contribution < 1.29 is 31.5 Å². The van der Waals surface area contributed by atoms with Gasteiger partial charge in [-0.15, -0.1) is 0 Å². The molecule has 1 saturated heterocycles. The molecule has 25 heavy (non-hydrogen) atoms. The molecule has 1 aliphatic carbocycles. The molecule has 9 heteroatoms. The standard InChI is InChI=1S/C16H17F2NO5S/c17-13-4-1-10(7-14(13)18)16(21)24-8-15(20)19(11-2-3-11)12-5-6-25(22,23)9-12/h1,4,7,11-12H,2-3,5-6,8-9H2/t12-/m0/s1. The Kier molecular flexibility index (Phi) is 4.77. The van der Waals surface area contributed by atoms with Gasteiger partial charge in [0.1, 0.15) is 0 Å². The van der Waals surface area contributed by atoms with E-state index in [1.54, 1.807) is 0 Å². The Hall–Kier alpha value is -2.03. The van der Waals surface area contributed by atoms with Crippen LogP contribution in [-0.4, -0.2) is 55.4 Å². The zero-order valence-electron chi connectivity index (χ0n) is 13.3. The number of halogens is 2. The summed E-state index contributed by atoms with van der Waals surface area (Å²) in [6.45, 7) is -0.565. The maximum Gasteiger partial charge on any atom is 0.338 e. The van der Waals surface area contributed by atoms with Gasteiger partial charge >= 0.3 is 5.97 Å². The fraction of sp³-hybridized carbons (Fsp3) is 0.500. The summed E-state index contributed by atoms with van der Waals surface area (Å²) >= 11 is 0. The van der Waals surface area contributed by atoms with Gasteiger partial charge in [0.05, 0.1) is 17.1 Å². The summed E-state index contributed by atoms with van der Waals surface area (Å²) in [5.41, 5.74) is -0.201. The number of hydrogen-bond donors (Lipinski definition) is 0. The first-order valence-electron chi connectivity index (χ1n) is 7.90. The van der Waals surface area contributed by atoms with E-state index in [4.69, 9.17) is 4.74 Å². The molecule has 1 atom stereocenters. The van der Waals surface area contributed by atoms with Crippen molar-refractivity contribution in [1.82, 2.24) is 4.90 Å². The molecule has 1 saturated carbocycles. The quantitative estimate of drug-likeness (QED) is 0.727. The van der Waals surface area contributed by atoms with E-state index in [-0.39, 0.29) is 23.1 Å². The van der Waals surface area contributed by atoms with Crippen LogP contribution in [0.3, 0.4) is 0 Å². The summed E-state index contributed by atoms with van der Waals surface area (Å²) in [5, 5.41) is 0. The molecule has 1 amide bonds. The van der Waals surface area contributed by atoms with Crippen LogP contribution < -0.4 is 0 Å². The maximum absolute atomic E-state index is 13.1. The lowest BCUT2D eigenvalue weighted by molar-refractivity contribution is -0.137. The minimum Gasteiger partial charge on any atom is -0.452 e. The Bertz CT molecular complexity index is 807. The van der Waals surface area contributed by atoms with Crippen LogP contribution in [-0.2, 0) is 19.4 Å². The number of rotatable bonds is 5. The van der Waals surface area contributed by atoms with Crippen molar-refractivity contribution in [3.63, 3.8) is 0 Å². The first kappa shape index (κ1) is 17.8. The van der Waals surface area contributed by atoms with Gasteiger partial charge in [0.15, 0.2) is 28.1 Å². The normalized spacial score (nSPS) is 21.8. The van der Waals surface area contributed by atoms with Gasteiger partial charge in [-0.1, -0.05) is 0 Å². The fourth-order valence-corrected chi connectivity index (χ4v) is 4.67. The van der Waals surface area contributed by atoms with Crippen LogP contribution in [0.5, 0.6) is 0 Å². The molecular weight excluding hydrogens is 356 g/mol. The molecule has 1 aliphatic heterocycles. The predicted molar refractivity (Wildman–Crippen MR) is 83.6 cm³/mol. The molecule has 0 N–H and O–H groups in total. The summed E-state index contributed by atoms with van der Waals surface area (Å²) in [4.78, 5) is 25.8. The largest absolute Gasteiger partial charge is 0.452 e. The lowest BCUT2D eigenvalue weighted by Gasteiger charge is -2.28. The molecule has 6 nitrogen and oxygen atoms in total. The Labute approximate surface area is 143 Å². The van der Waals surface area contributed by atoms with Crippen molar-refractivity contribution in [1.29, 1.82) is 0 Å². The van der Waals surface area contributed by atoms with Crippen LogP contribution in [0.15, 0.2) is 18.2 Å². The van der Waals surface area contributed by atoms with Crippen LogP contribution in [0, 0.1) is 11.6 Å². The third-order valence-corrected chi connectivity index (χ3v) is 6.06. The average Bonchev–Trinajstić information content (AvgIpc) is 3.31. The number of esters is 1. The lowest BCUT2D eigenvalue weighted by atomic mass is 10.2. The summed E-state index contributed by atoms with van der Waals surface area (Å²) in [6.07, 6.45) is 1.96. The molecule has 0 radical (unpaired) electrons. The number of nitrogens with zero attached hydrogens (tertiary/aromatic N) is 1. The molecule has 136 valence electrons. The van der Waals surface area contributed by atoms with Crippen molar-refractivity contribution in [2.24, 2.45) is 0 Å². The highest BCUT2D eigenvalue weighted by molar-refractivity contribution is 7.91. The van der Waals surface area contributed by atoms with Crippen molar-refractivity contribution in [3.8, 4) is 0 Å². The summed E-state index contributed by atoms with van der Waals surface area (Å²) in [6, 6.07) is 2.14. The molecule has 2 fully saturated rings. The molecule has 0 aromatic heterocycles. The van der Waals surface area contributed by atoms with Gasteiger partial charge in [0, 0.05) is 12.1 Å². The molecule has 0 bridgehead atoms. The second kappa shape index (κ2) is 6.70. The molecule has 3 rings (SSSR count). The van der Waals surface area contributed by atoms with E-state index in [0.717, 1.165) is 25.0 Å². The third-order valence-electron chi connectivity index (χ3n) is 4.31. The van der Waals surface area contributed by atoms with Crippen molar-refractivity contribution in [2.75, 3.05) is 18.1 Å². The minimum absolute atomic E-state index is 0.0206. The van der Waals surface area contributed by atoms with Gasteiger partial charge < -0.3 is 9.64 Å². The van der Waals surface area contributed by atoms with Gasteiger partial charge in [0.25, 0.3) is 5.91 Å². The van der Waals surface area contributed by atoms with Crippen LogP contribution in [0.1, 0.15) is 29.6 Å². The van der Waals surface area contributed by atoms with Crippen LogP contribution >= 0.6 is 0 Å². The van der Waals surface area contributed by atoms with Crippen LogP contribution in [0.4, 0.5) is 8.78 Å². The van der Waals surface area contributed by atoms with Crippen molar-refractivity contribution in [3.05, 3.63) is 35.4 Å². The number of ether oxygens (including phenoxy) is 1. The smallest absolute Gasteiger partial charge is 0.338 e. The van der Waals surface area contributed by atoms with E-state index in [2.05, 4.69) is 0 Å². The second-order valence-corrected chi connectivity index (χ2v) is 8.52. The van der Waals surface area contributed by atoms with E-state index in [0.29, 0.717) is 12.5 Å². The third kappa shape index (κ3) is 4.15. The van der Waals surface area contributed by atoms with E-state index in [1.165, 1.54) is 4.90 Å². The monoisotopic (exact) mass is 373 g/mol. The van der Waals surface area contributed by atoms with Gasteiger partial charge in [-0.25, -0.2) is 22.0 Å². The van der Waals surface area contributed by atoms with E-state index < -0.39 is 46.0 Å². The van der Waals surface area contributed by atoms with E-state index in [1.807, 2.05) is 0 Å². The predicted octanol–water partition coefficient (Wildman–Crippen LogP) is 1.30. The van der Waals surface area contributed by atoms with Crippen LogP contribution in [0.2, 0.25) is 0 Å². The molecular formula is C16H17F2NO5S. The first-order valence-corrected chi connectivity index (χ1v) is 9.73. The molecule has 1 heterocycles. The maximum atomic E-state index is 13.1. The Morgan fingerprint density at radius 2 is 1.84 bits per heavy atom. The zero-order chi connectivity index (χ0) is 18.2. The first-order chi connectivity index (χ1) is 11.8. The van der Waals surface area contributed by atoms with Gasteiger partial charge in [-0.05, 0) is 37.5 Å². The van der Waals surface area contributed by atoms with E-state index in [9.17, 15) is 26.8 Å². The minimum atomic E-state index is -3.14. The van der Waals surface area contributed by atoms with Gasteiger partial charge in [-0.2, -0.15) is 0 Å². The highest BCUT2D eigenvalue weighted by Crippen LogP contribution is 2.32. The molecule has 2 aliphatic rings. The topological polar surface area (TPSA) is 80.8 Å². The lowest BCUT2D eigenvalue weighted by Crippen LogP contribution is -2.44. The number of amides is 1. The number of carbonyl (C=O) groups excluding carboxylic acids is 2. The second-order valence-electron chi connectivity index (χ2n) is 6.29. The Balaban J connectivity index is 1.62. The number of benzene rings is 1. The van der Waals surface area contributed by atoms with Crippen molar-refractivity contribution in [2.45, 2.75) is 31.3 Å². The number of carbonyl (C=O) groups is 2. The summed E-state index contributed by atoms with van der Waals surface area (Å²) in [7, 11) is -3.14. The van der Waals surface area contributed by atoms with E-state index >= 15 is 0 Å². The molecule has 1 aromatic rings. The SMILES string of the molecule is O=C(OCC(=O)N(C1CC1)[C@H]1CCS(=O)(=O)C1)c1ccc(F)c(F)c1. The molecule has 1 aromatic carbocycles. The molecule has 0 spiro atoms. The van der Waals surface area contributed by atoms with Crippen LogP contribution in [0.25, 0.3) is 0 Å². The van der Waals surface area contributed by atoms with Gasteiger partial charge in [-0.3, -0.25) is 4.79 Å². The fourth-order valence-electron chi connectivity index (χ4n) is 2.96. The Morgan fingerprint density at radius 1 is 1.12 bits per heavy atom. The Morgan fingerprint density at radius 3 is 2.40 bits per heavy atom. The highest BCUT2D eigenvalue weighted by Gasteiger charge is 2.42.